The monoisotopic (exact) mass is 479 g/mol. The number of benzene rings is 2. The highest BCUT2D eigenvalue weighted by atomic mass is 35.5. The lowest BCUT2D eigenvalue weighted by Crippen LogP contribution is -2.43. The van der Waals surface area contributed by atoms with Gasteiger partial charge in [0.05, 0.1) is 15.1 Å². The standard InChI is InChI=1S/C20H18ClN3O5S2/c21-12-3-5-13(6-4-12)31(26,27)24-7-1-2-15(24)19(25)23-20-22-14-10-16-17(11-18(14)30-20)29-9-8-28-16/h3-6,10-11,15H,1-2,7-9H2,(H,22,23,25)/t15-/m0/s1. The highest BCUT2D eigenvalue weighted by Crippen LogP contribution is 2.38. The van der Waals surface area contributed by atoms with Crippen LogP contribution in [0.25, 0.3) is 10.2 Å². The summed E-state index contributed by atoms with van der Waals surface area (Å²) in [6.45, 7) is 1.25. The molecule has 3 aromatic rings. The summed E-state index contributed by atoms with van der Waals surface area (Å²) in [7, 11) is -3.81. The molecular formula is C20H18ClN3O5S2. The molecular weight excluding hydrogens is 462 g/mol. The van der Waals surface area contributed by atoms with Crippen LogP contribution in [0.1, 0.15) is 12.8 Å². The van der Waals surface area contributed by atoms with E-state index in [9.17, 15) is 13.2 Å². The summed E-state index contributed by atoms with van der Waals surface area (Å²) in [4.78, 5) is 17.5. The lowest BCUT2D eigenvalue weighted by molar-refractivity contribution is -0.119. The molecule has 1 amide bonds. The molecule has 162 valence electrons. The summed E-state index contributed by atoms with van der Waals surface area (Å²) < 4.78 is 39.4. The van der Waals surface area contributed by atoms with E-state index in [2.05, 4.69) is 10.3 Å². The Bertz CT molecular complexity index is 1220. The molecule has 1 saturated heterocycles. The third kappa shape index (κ3) is 3.84. The molecule has 5 rings (SSSR count). The predicted octanol–water partition coefficient (Wildman–Crippen LogP) is 3.51. The molecule has 1 atom stereocenters. The van der Waals surface area contributed by atoms with Crippen molar-refractivity contribution in [2.45, 2.75) is 23.8 Å². The van der Waals surface area contributed by atoms with Crippen LogP contribution in [0, 0.1) is 0 Å². The van der Waals surface area contributed by atoms with Crippen LogP contribution in [0.15, 0.2) is 41.3 Å². The van der Waals surface area contributed by atoms with Crippen LogP contribution in [0.2, 0.25) is 5.02 Å². The minimum absolute atomic E-state index is 0.113. The molecule has 3 heterocycles. The van der Waals surface area contributed by atoms with Crippen LogP contribution >= 0.6 is 22.9 Å². The van der Waals surface area contributed by atoms with Gasteiger partial charge in [-0.05, 0) is 37.1 Å². The van der Waals surface area contributed by atoms with Crippen LogP contribution in [0.3, 0.4) is 0 Å². The van der Waals surface area contributed by atoms with Gasteiger partial charge in [0, 0.05) is 23.7 Å². The number of nitrogens with one attached hydrogen (secondary N) is 1. The van der Waals surface area contributed by atoms with Gasteiger partial charge in [-0.25, -0.2) is 13.4 Å². The molecule has 2 aliphatic rings. The minimum atomic E-state index is -3.81. The van der Waals surface area contributed by atoms with Crippen LogP contribution in [0.4, 0.5) is 5.13 Å². The average molecular weight is 480 g/mol. The third-order valence-corrected chi connectivity index (χ3v) is 8.32. The molecule has 11 heteroatoms. The highest BCUT2D eigenvalue weighted by molar-refractivity contribution is 7.89. The van der Waals surface area contributed by atoms with E-state index in [1.807, 2.05) is 6.07 Å². The molecule has 2 aromatic carbocycles. The number of sulfonamides is 1. The molecule has 31 heavy (non-hydrogen) atoms. The molecule has 2 aliphatic heterocycles. The number of fused-ring (bicyclic) bond motifs is 2. The van der Waals surface area contributed by atoms with Gasteiger partial charge in [-0.15, -0.1) is 0 Å². The van der Waals surface area contributed by atoms with Crippen LogP contribution < -0.4 is 14.8 Å². The zero-order valence-electron chi connectivity index (χ0n) is 16.2. The van der Waals surface area contributed by atoms with Crippen LogP contribution in [0.5, 0.6) is 11.5 Å². The first kappa shape index (κ1) is 20.5. The topological polar surface area (TPSA) is 97.8 Å². The van der Waals surface area contributed by atoms with Gasteiger partial charge < -0.3 is 14.8 Å². The first-order valence-electron chi connectivity index (χ1n) is 9.70. The summed E-state index contributed by atoms with van der Waals surface area (Å²) in [5, 5.41) is 3.63. The number of hydrogen-bond donors (Lipinski definition) is 1. The van der Waals surface area contributed by atoms with Gasteiger partial charge in [-0.3, -0.25) is 4.79 Å². The summed E-state index contributed by atoms with van der Waals surface area (Å²) >= 11 is 7.17. The van der Waals surface area contributed by atoms with E-state index in [4.69, 9.17) is 21.1 Å². The summed E-state index contributed by atoms with van der Waals surface area (Å²) in [6, 6.07) is 8.76. The van der Waals surface area contributed by atoms with E-state index >= 15 is 0 Å². The number of nitrogens with zero attached hydrogens (tertiary/aromatic N) is 2. The number of carbonyl (C=O) groups excluding carboxylic acids is 1. The van der Waals surface area contributed by atoms with Gasteiger partial charge in [-0.1, -0.05) is 22.9 Å². The maximum Gasteiger partial charge on any atom is 0.244 e. The number of amides is 1. The van der Waals surface area contributed by atoms with Crippen molar-refractivity contribution < 1.29 is 22.7 Å². The van der Waals surface area contributed by atoms with Gasteiger partial charge in [0.1, 0.15) is 19.3 Å². The Balaban J connectivity index is 1.37. The normalized spacial score (nSPS) is 18.9. The molecule has 1 fully saturated rings. The largest absolute Gasteiger partial charge is 0.486 e. The van der Waals surface area contributed by atoms with Crippen molar-refractivity contribution in [3.63, 3.8) is 0 Å². The molecule has 0 unspecified atom stereocenters. The van der Waals surface area contributed by atoms with Crippen LogP contribution in [-0.4, -0.2) is 49.4 Å². The minimum Gasteiger partial charge on any atom is -0.486 e. The fourth-order valence-corrected chi connectivity index (χ4v) is 6.40. The maximum atomic E-state index is 13.1. The fourth-order valence-electron chi connectivity index (χ4n) is 3.74. The molecule has 0 radical (unpaired) electrons. The Morgan fingerprint density at radius 1 is 1.16 bits per heavy atom. The van der Waals surface area contributed by atoms with E-state index in [1.54, 1.807) is 6.07 Å². The number of halogens is 1. The van der Waals surface area contributed by atoms with E-state index in [1.165, 1.54) is 39.9 Å². The SMILES string of the molecule is O=C(Nc1nc2cc3c(cc2s1)OCCO3)[C@@H]1CCCN1S(=O)(=O)c1ccc(Cl)cc1. The molecule has 1 aromatic heterocycles. The van der Waals surface area contributed by atoms with Gasteiger partial charge in [0.25, 0.3) is 0 Å². The Labute approximate surface area is 187 Å². The number of aromatic nitrogens is 1. The van der Waals surface area contributed by atoms with E-state index < -0.39 is 22.0 Å². The Kier molecular flexibility index (Phi) is 5.25. The second-order valence-electron chi connectivity index (χ2n) is 7.20. The molecule has 0 saturated carbocycles. The second-order valence-corrected chi connectivity index (χ2v) is 10.6. The zero-order valence-corrected chi connectivity index (χ0v) is 18.6. The van der Waals surface area contributed by atoms with E-state index in [0.717, 1.165) is 4.70 Å². The molecule has 0 spiro atoms. The lowest BCUT2D eigenvalue weighted by atomic mass is 10.2. The number of ether oxygens (including phenoxy) is 2. The third-order valence-electron chi connectivity index (χ3n) is 5.21. The van der Waals surface area contributed by atoms with Crippen molar-refractivity contribution in [2.24, 2.45) is 0 Å². The zero-order chi connectivity index (χ0) is 21.6. The summed E-state index contributed by atoms with van der Waals surface area (Å²) in [6.07, 6.45) is 1.05. The van der Waals surface area contributed by atoms with Crippen molar-refractivity contribution >= 4 is 54.2 Å². The van der Waals surface area contributed by atoms with Gasteiger partial charge in [0.2, 0.25) is 15.9 Å². The van der Waals surface area contributed by atoms with Gasteiger partial charge in [-0.2, -0.15) is 4.31 Å². The van der Waals surface area contributed by atoms with E-state index in [-0.39, 0.29) is 11.4 Å². The van der Waals surface area contributed by atoms with Crippen molar-refractivity contribution in [3.05, 3.63) is 41.4 Å². The Morgan fingerprint density at radius 2 is 1.87 bits per heavy atom. The summed E-state index contributed by atoms with van der Waals surface area (Å²) in [5.74, 6) is 0.876. The Morgan fingerprint density at radius 3 is 2.61 bits per heavy atom. The number of thiazole rings is 1. The van der Waals surface area contributed by atoms with Crippen molar-refractivity contribution in [1.82, 2.24) is 9.29 Å². The highest BCUT2D eigenvalue weighted by Gasteiger charge is 2.39. The number of carbonyl (C=O) groups is 1. The number of anilines is 1. The Hall–Kier alpha value is -2.40. The first-order chi connectivity index (χ1) is 14.9. The van der Waals surface area contributed by atoms with E-state index in [0.29, 0.717) is 53.2 Å². The molecule has 0 aliphatic carbocycles. The van der Waals surface area contributed by atoms with Crippen molar-refractivity contribution in [3.8, 4) is 11.5 Å². The molecule has 0 bridgehead atoms. The average Bonchev–Trinajstić information content (AvgIpc) is 3.39. The maximum absolute atomic E-state index is 13.1. The second kappa shape index (κ2) is 7.94. The quantitative estimate of drug-likeness (QED) is 0.615. The summed E-state index contributed by atoms with van der Waals surface area (Å²) in [5.41, 5.74) is 0.682. The fraction of sp³-hybridized carbons (Fsp3) is 0.300. The predicted molar refractivity (Wildman–Crippen MR) is 118 cm³/mol. The molecule has 1 N–H and O–H groups in total. The first-order valence-corrected chi connectivity index (χ1v) is 12.3. The smallest absolute Gasteiger partial charge is 0.244 e. The number of hydrogen-bond acceptors (Lipinski definition) is 7. The van der Waals surface area contributed by atoms with Crippen molar-refractivity contribution in [1.29, 1.82) is 0 Å². The van der Waals surface area contributed by atoms with Gasteiger partial charge in [0.15, 0.2) is 16.6 Å². The lowest BCUT2D eigenvalue weighted by Gasteiger charge is -2.23. The number of rotatable bonds is 4. The van der Waals surface area contributed by atoms with Gasteiger partial charge >= 0.3 is 0 Å². The molecule has 8 nitrogen and oxygen atoms in total. The van der Waals surface area contributed by atoms with Crippen LogP contribution in [-0.2, 0) is 14.8 Å². The van der Waals surface area contributed by atoms with Crippen molar-refractivity contribution in [2.75, 3.05) is 25.1 Å².